The Balaban J connectivity index is 1.05. The predicted octanol–water partition coefficient (Wildman–Crippen LogP) is 12.5. The molecule has 2 aliphatic rings. The standard InChI is InChI=1S/C48H56N2O4/c1-29(37-23-31(3)47(41(25-37)35-9-5-6-10-35)53-39-17-19-43(49)45(51)27-39)21-33-13-15-34(16-14-33)22-30(2)38-24-32(4)48(42(26-38)36-11-7-8-12-36)54-40-18-20-44(50)46(52)28-40/h13-20,23-30,35-36,51-52H,5-12,21-22,49-50H2,1-4H3. The van der Waals surface area contributed by atoms with Crippen LogP contribution in [0.3, 0.4) is 0 Å². The van der Waals surface area contributed by atoms with Gasteiger partial charge in [-0.25, -0.2) is 0 Å². The molecule has 6 N–H and O–H groups in total. The van der Waals surface area contributed by atoms with Gasteiger partial charge in [-0.05, 0) is 145 Å². The van der Waals surface area contributed by atoms with Gasteiger partial charge < -0.3 is 31.2 Å². The van der Waals surface area contributed by atoms with E-state index in [1.807, 2.05) is 12.1 Å². The average Bonchev–Trinajstić information content (AvgIpc) is 3.90. The van der Waals surface area contributed by atoms with Crippen molar-refractivity contribution < 1.29 is 19.7 Å². The largest absolute Gasteiger partial charge is 0.506 e. The van der Waals surface area contributed by atoms with Gasteiger partial charge in [-0.1, -0.05) is 88.1 Å². The first-order chi connectivity index (χ1) is 26.0. The normalized spacial score (nSPS) is 16.1. The number of hydrogen-bond donors (Lipinski definition) is 4. The molecule has 0 bridgehead atoms. The summed E-state index contributed by atoms with van der Waals surface area (Å²) in [5, 5.41) is 20.4. The van der Waals surface area contributed by atoms with E-state index in [0.717, 1.165) is 35.5 Å². The molecular formula is C48H56N2O4. The zero-order valence-electron chi connectivity index (χ0n) is 32.3. The molecular weight excluding hydrogens is 669 g/mol. The van der Waals surface area contributed by atoms with Crippen molar-refractivity contribution in [1.82, 2.24) is 0 Å². The molecule has 2 saturated carbocycles. The second kappa shape index (κ2) is 16.1. The van der Waals surface area contributed by atoms with Gasteiger partial charge in [0, 0.05) is 12.1 Å². The van der Waals surface area contributed by atoms with Gasteiger partial charge in [0.2, 0.25) is 0 Å². The van der Waals surface area contributed by atoms with Crippen LogP contribution in [0.15, 0.2) is 84.9 Å². The highest BCUT2D eigenvalue weighted by molar-refractivity contribution is 5.58. The highest BCUT2D eigenvalue weighted by atomic mass is 16.5. The smallest absolute Gasteiger partial charge is 0.142 e. The fourth-order valence-electron chi connectivity index (χ4n) is 8.75. The van der Waals surface area contributed by atoms with Crippen molar-refractivity contribution in [3.63, 3.8) is 0 Å². The first-order valence-electron chi connectivity index (χ1n) is 19.9. The van der Waals surface area contributed by atoms with Gasteiger partial charge >= 0.3 is 0 Å². The van der Waals surface area contributed by atoms with Crippen LogP contribution in [-0.2, 0) is 12.8 Å². The number of nitrogen functional groups attached to an aromatic ring is 2. The lowest BCUT2D eigenvalue weighted by molar-refractivity contribution is 0.448. The third-order valence-corrected chi connectivity index (χ3v) is 11.9. The molecule has 2 atom stereocenters. The van der Waals surface area contributed by atoms with Crippen LogP contribution in [0.25, 0.3) is 0 Å². The number of aromatic hydroxyl groups is 2. The van der Waals surface area contributed by atoms with Crippen molar-refractivity contribution in [3.8, 4) is 34.5 Å². The summed E-state index contributed by atoms with van der Waals surface area (Å²) in [6, 6.07) is 28.8. The molecule has 0 aliphatic heterocycles. The number of aryl methyl sites for hydroxylation is 2. The van der Waals surface area contributed by atoms with E-state index in [2.05, 4.69) is 76.2 Å². The number of benzene rings is 5. The predicted molar refractivity (Wildman–Crippen MR) is 221 cm³/mol. The zero-order chi connectivity index (χ0) is 37.9. The number of ether oxygens (including phenoxy) is 2. The molecule has 0 aromatic heterocycles. The quantitative estimate of drug-likeness (QED) is 0.0753. The van der Waals surface area contributed by atoms with Crippen LogP contribution in [0.2, 0.25) is 0 Å². The summed E-state index contributed by atoms with van der Waals surface area (Å²) in [7, 11) is 0. The Kier molecular flexibility index (Phi) is 11.1. The van der Waals surface area contributed by atoms with E-state index in [9.17, 15) is 10.2 Å². The van der Waals surface area contributed by atoms with Crippen molar-refractivity contribution >= 4 is 11.4 Å². The van der Waals surface area contributed by atoms with E-state index in [4.69, 9.17) is 20.9 Å². The minimum absolute atomic E-state index is 0.0418. The van der Waals surface area contributed by atoms with Gasteiger partial charge in [-0.2, -0.15) is 0 Å². The Labute approximate surface area is 321 Å². The Morgan fingerprint density at radius 1 is 0.556 bits per heavy atom. The van der Waals surface area contributed by atoms with E-state index in [1.54, 1.807) is 24.3 Å². The minimum atomic E-state index is 0.0418. The van der Waals surface area contributed by atoms with Gasteiger partial charge in [0.25, 0.3) is 0 Å². The molecule has 6 heteroatoms. The zero-order valence-corrected chi connectivity index (χ0v) is 32.3. The lowest BCUT2D eigenvalue weighted by Crippen LogP contribution is -2.06. The van der Waals surface area contributed by atoms with Crippen molar-refractivity contribution in [2.45, 2.75) is 116 Å². The second-order valence-electron chi connectivity index (χ2n) is 16.1. The third kappa shape index (κ3) is 8.33. The van der Waals surface area contributed by atoms with Crippen molar-refractivity contribution in [2.75, 3.05) is 11.5 Å². The van der Waals surface area contributed by atoms with Gasteiger partial charge in [-0.15, -0.1) is 0 Å². The average molecular weight is 725 g/mol. The van der Waals surface area contributed by atoms with Crippen LogP contribution >= 0.6 is 0 Å². The van der Waals surface area contributed by atoms with E-state index in [1.165, 1.54) is 84.7 Å². The molecule has 54 heavy (non-hydrogen) atoms. The summed E-state index contributed by atoms with van der Waals surface area (Å²) >= 11 is 0. The van der Waals surface area contributed by atoms with E-state index >= 15 is 0 Å². The highest BCUT2D eigenvalue weighted by Gasteiger charge is 2.26. The molecule has 2 unspecified atom stereocenters. The summed E-state index contributed by atoms with van der Waals surface area (Å²) in [6.07, 6.45) is 11.6. The molecule has 0 spiro atoms. The van der Waals surface area contributed by atoms with Crippen LogP contribution in [0.1, 0.15) is 133 Å². The molecule has 5 aromatic rings. The molecule has 2 aliphatic carbocycles. The number of hydrogen-bond acceptors (Lipinski definition) is 6. The first kappa shape index (κ1) is 37.2. The Morgan fingerprint density at radius 2 is 0.926 bits per heavy atom. The van der Waals surface area contributed by atoms with E-state index in [-0.39, 0.29) is 11.5 Å². The number of nitrogens with two attached hydrogens (primary N) is 2. The van der Waals surface area contributed by atoms with Crippen molar-refractivity contribution in [2.24, 2.45) is 0 Å². The summed E-state index contributed by atoms with van der Waals surface area (Å²) < 4.78 is 12.9. The van der Waals surface area contributed by atoms with Crippen LogP contribution < -0.4 is 20.9 Å². The van der Waals surface area contributed by atoms with Crippen LogP contribution in [0, 0.1) is 13.8 Å². The van der Waals surface area contributed by atoms with Gasteiger partial charge in [0.05, 0.1) is 11.4 Å². The van der Waals surface area contributed by atoms with Gasteiger partial charge in [0.15, 0.2) is 0 Å². The first-order valence-corrected chi connectivity index (χ1v) is 19.9. The van der Waals surface area contributed by atoms with Crippen molar-refractivity contribution in [3.05, 3.63) is 129 Å². The molecule has 0 heterocycles. The Bertz CT molecular complexity index is 1940. The fraction of sp³-hybridized carbons (Fsp3) is 0.375. The molecule has 2 fully saturated rings. The molecule has 0 saturated heterocycles. The Hall–Kier alpha value is -5.10. The summed E-state index contributed by atoms with van der Waals surface area (Å²) in [5.74, 6) is 4.77. The number of phenols is 2. The molecule has 5 aromatic carbocycles. The summed E-state index contributed by atoms with van der Waals surface area (Å²) in [6.45, 7) is 8.94. The van der Waals surface area contributed by atoms with Crippen LogP contribution in [-0.4, -0.2) is 10.2 Å². The Morgan fingerprint density at radius 3 is 1.28 bits per heavy atom. The van der Waals surface area contributed by atoms with Gasteiger partial charge in [-0.3, -0.25) is 0 Å². The number of anilines is 2. The topological polar surface area (TPSA) is 111 Å². The molecule has 6 nitrogen and oxygen atoms in total. The maximum absolute atomic E-state index is 10.2. The van der Waals surface area contributed by atoms with E-state index in [0.29, 0.717) is 46.5 Å². The molecule has 282 valence electrons. The molecule has 0 amide bonds. The second-order valence-corrected chi connectivity index (χ2v) is 16.1. The molecule has 0 radical (unpaired) electrons. The lowest BCUT2D eigenvalue weighted by atomic mass is 9.86. The highest BCUT2D eigenvalue weighted by Crippen LogP contribution is 2.46. The fourth-order valence-corrected chi connectivity index (χ4v) is 8.75. The maximum atomic E-state index is 10.2. The van der Waals surface area contributed by atoms with Crippen molar-refractivity contribution in [1.29, 1.82) is 0 Å². The maximum Gasteiger partial charge on any atom is 0.142 e. The van der Waals surface area contributed by atoms with Crippen LogP contribution in [0.5, 0.6) is 34.5 Å². The van der Waals surface area contributed by atoms with Gasteiger partial charge in [0.1, 0.15) is 34.5 Å². The number of rotatable bonds is 12. The SMILES string of the molecule is Cc1cc(C(C)Cc2ccc(CC(C)c3cc(C)c(Oc4ccc(N)c(O)c4)c(C4CCCC4)c3)cc2)cc(C2CCCC2)c1Oc1ccc(N)c(O)c1. The third-order valence-electron chi connectivity index (χ3n) is 11.9. The van der Waals surface area contributed by atoms with E-state index < -0.39 is 0 Å². The lowest BCUT2D eigenvalue weighted by Gasteiger charge is -2.23. The minimum Gasteiger partial charge on any atom is -0.506 e. The monoisotopic (exact) mass is 724 g/mol. The molecule has 7 rings (SSSR count). The van der Waals surface area contributed by atoms with Crippen LogP contribution in [0.4, 0.5) is 11.4 Å². The number of phenolic OH excluding ortho intramolecular Hbond substituents is 2. The summed E-state index contributed by atoms with van der Waals surface area (Å²) in [5.41, 5.74) is 22.6. The summed E-state index contributed by atoms with van der Waals surface area (Å²) in [4.78, 5) is 0.